The molecule has 0 radical (unpaired) electrons. The maximum atomic E-state index is 12.4. The molecule has 1 fully saturated rings. The van der Waals surface area contributed by atoms with Crippen molar-refractivity contribution in [1.82, 2.24) is 10.2 Å². The van der Waals surface area contributed by atoms with Gasteiger partial charge in [0.2, 0.25) is 0 Å². The predicted molar refractivity (Wildman–Crippen MR) is 73.8 cm³/mol. The first-order valence-electron chi connectivity index (χ1n) is 6.41. The van der Waals surface area contributed by atoms with Crippen molar-refractivity contribution in [1.29, 1.82) is 0 Å². The summed E-state index contributed by atoms with van der Waals surface area (Å²) in [5, 5.41) is 3.40. The first kappa shape index (κ1) is 13.9. The standard InChI is InChI=1S/C14H17ClN2O2/c1-3-14(4-2)12(18)17(13(19)16-14)9-10-6-5-7-11(15)8-10/h5-8H,3-4,9H2,1-2H3,(H,16,19). The highest BCUT2D eigenvalue weighted by atomic mass is 35.5. The Morgan fingerprint density at radius 3 is 2.47 bits per heavy atom. The van der Waals surface area contributed by atoms with Crippen LogP contribution in [-0.4, -0.2) is 22.4 Å². The molecule has 4 nitrogen and oxygen atoms in total. The number of nitrogens with zero attached hydrogens (tertiary/aromatic N) is 1. The number of carbonyl (C=O) groups is 2. The molecular formula is C14H17ClN2O2. The Hall–Kier alpha value is -1.55. The van der Waals surface area contributed by atoms with Gasteiger partial charge in [-0.25, -0.2) is 4.79 Å². The molecule has 5 heteroatoms. The second-order valence-corrected chi connectivity index (χ2v) is 5.18. The van der Waals surface area contributed by atoms with E-state index in [0.29, 0.717) is 17.9 Å². The first-order chi connectivity index (χ1) is 9.02. The van der Waals surface area contributed by atoms with Crippen molar-refractivity contribution in [3.05, 3.63) is 34.9 Å². The van der Waals surface area contributed by atoms with Crippen LogP contribution in [0, 0.1) is 0 Å². The maximum Gasteiger partial charge on any atom is 0.325 e. The van der Waals surface area contributed by atoms with Crippen molar-refractivity contribution in [3.63, 3.8) is 0 Å². The highest BCUT2D eigenvalue weighted by Crippen LogP contribution is 2.26. The molecule has 0 unspecified atom stereocenters. The van der Waals surface area contributed by atoms with Gasteiger partial charge >= 0.3 is 6.03 Å². The van der Waals surface area contributed by atoms with E-state index in [1.165, 1.54) is 4.90 Å². The van der Waals surface area contributed by atoms with Gasteiger partial charge in [-0.1, -0.05) is 37.6 Å². The summed E-state index contributed by atoms with van der Waals surface area (Å²) in [4.78, 5) is 25.6. The minimum absolute atomic E-state index is 0.150. The summed E-state index contributed by atoms with van der Waals surface area (Å²) in [6, 6.07) is 6.86. The van der Waals surface area contributed by atoms with Crippen molar-refractivity contribution in [2.24, 2.45) is 0 Å². The Labute approximate surface area is 117 Å². The van der Waals surface area contributed by atoms with Gasteiger partial charge in [-0.2, -0.15) is 0 Å². The largest absolute Gasteiger partial charge is 0.325 e. The third-order valence-corrected chi connectivity index (χ3v) is 3.92. The van der Waals surface area contributed by atoms with E-state index in [9.17, 15) is 9.59 Å². The zero-order valence-corrected chi connectivity index (χ0v) is 11.8. The van der Waals surface area contributed by atoms with Gasteiger partial charge in [0.1, 0.15) is 5.54 Å². The van der Waals surface area contributed by atoms with Crippen LogP contribution in [0.1, 0.15) is 32.3 Å². The quantitative estimate of drug-likeness (QED) is 0.862. The fourth-order valence-corrected chi connectivity index (χ4v) is 2.58. The number of imide groups is 1. The van der Waals surface area contributed by atoms with Gasteiger partial charge in [0.25, 0.3) is 5.91 Å². The third-order valence-electron chi connectivity index (χ3n) is 3.68. The first-order valence-corrected chi connectivity index (χ1v) is 6.78. The van der Waals surface area contributed by atoms with E-state index in [0.717, 1.165) is 5.56 Å². The number of benzene rings is 1. The smallest absolute Gasteiger partial charge is 0.323 e. The predicted octanol–water partition coefficient (Wildman–Crippen LogP) is 2.95. The fourth-order valence-electron chi connectivity index (χ4n) is 2.37. The normalized spacial score (nSPS) is 17.7. The van der Waals surface area contributed by atoms with E-state index in [-0.39, 0.29) is 18.5 Å². The van der Waals surface area contributed by atoms with Crippen LogP contribution in [0.5, 0.6) is 0 Å². The molecule has 1 aliphatic heterocycles. The Bertz CT molecular complexity index is 512. The van der Waals surface area contributed by atoms with E-state index in [1.54, 1.807) is 12.1 Å². The van der Waals surface area contributed by atoms with Crippen molar-refractivity contribution < 1.29 is 9.59 Å². The molecule has 2 rings (SSSR count). The molecule has 1 aromatic rings. The van der Waals surface area contributed by atoms with Crippen LogP contribution in [0.2, 0.25) is 5.02 Å². The summed E-state index contributed by atoms with van der Waals surface area (Å²) in [7, 11) is 0. The molecule has 102 valence electrons. The third kappa shape index (κ3) is 2.45. The number of hydrogen-bond acceptors (Lipinski definition) is 2. The van der Waals surface area contributed by atoms with Gasteiger partial charge in [0, 0.05) is 5.02 Å². The summed E-state index contributed by atoms with van der Waals surface area (Å²) < 4.78 is 0. The Balaban J connectivity index is 2.22. The van der Waals surface area contributed by atoms with Gasteiger partial charge in [-0.3, -0.25) is 9.69 Å². The summed E-state index contributed by atoms with van der Waals surface area (Å²) in [5.74, 6) is -0.150. The Morgan fingerprint density at radius 1 is 1.26 bits per heavy atom. The number of halogens is 1. The SMILES string of the molecule is CCC1(CC)NC(=O)N(Cc2cccc(Cl)c2)C1=O. The van der Waals surface area contributed by atoms with E-state index in [2.05, 4.69) is 5.32 Å². The van der Waals surface area contributed by atoms with Crippen LogP contribution < -0.4 is 5.32 Å². The van der Waals surface area contributed by atoms with Crippen molar-refractivity contribution in [2.75, 3.05) is 0 Å². The lowest BCUT2D eigenvalue weighted by Gasteiger charge is -2.23. The molecule has 1 aromatic carbocycles. The number of carbonyl (C=O) groups excluding carboxylic acids is 2. The molecular weight excluding hydrogens is 264 g/mol. The van der Waals surface area contributed by atoms with Crippen LogP contribution in [0.4, 0.5) is 4.79 Å². The summed E-state index contributed by atoms with van der Waals surface area (Å²) in [6.07, 6.45) is 1.19. The average Bonchev–Trinajstić information content (AvgIpc) is 2.64. The molecule has 0 spiro atoms. The average molecular weight is 281 g/mol. The topological polar surface area (TPSA) is 49.4 Å². The molecule has 1 N–H and O–H groups in total. The van der Waals surface area contributed by atoms with Crippen LogP contribution in [0.25, 0.3) is 0 Å². The Morgan fingerprint density at radius 2 is 1.95 bits per heavy atom. The minimum atomic E-state index is -0.740. The second-order valence-electron chi connectivity index (χ2n) is 4.74. The molecule has 1 aliphatic rings. The molecule has 0 atom stereocenters. The van der Waals surface area contributed by atoms with Crippen LogP contribution in [-0.2, 0) is 11.3 Å². The van der Waals surface area contributed by atoms with Crippen LogP contribution >= 0.6 is 11.6 Å². The lowest BCUT2D eigenvalue weighted by atomic mass is 9.93. The number of hydrogen-bond donors (Lipinski definition) is 1. The number of nitrogens with one attached hydrogen (secondary N) is 1. The Kier molecular flexibility index (Phi) is 3.80. The fraction of sp³-hybridized carbons (Fsp3) is 0.429. The highest BCUT2D eigenvalue weighted by Gasteiger charge is 2.48. The van der Waals surface area contributed by atoms with Crippen molar-refractivity contribution >= 4 is 23.5 Å². The zero-order chi connectivity index (χ0) is 14.0. The molecule has 3 amide bonds. The summed E-state index contributed by atoms with van der Waals surface area (Å²) >= 11 is 5.91. The lowest BCUT2D eigenvalue weighted by Crippen LogP contribution is -2.45. The monoisotopic (exact) mass is 280 g/mol. The van der Waals surface area contributed by atoms with Crippen molar-refractivity contribution in [3.8, 4) is 0 Å². The zero-order valence-electron chi connectivity index (χ0n) is 11.1. The van der Waals surface area contributed by atoms with Gasteiger partial charge < -0.3 is 5.32 Å². The van der Waals surface area contributed by atoms with Gasteiger partial charge in [0.15, 0.2) is 0 Å². The molecule has 19 heavy (non-hydrogen) atoms. The van der Waals surface area contributed by atoms with E-state index in [4.69, 9.17) is 11.6 Å². The highest BCUT2D eigenvalue weighted by molar-refractivity contribution is 6.30. The van der Waals surface area contributed by atoms with Crippen LogP contribution in [0.15, 0.2) is 24.3 Å². The van der Waals surface area contributed by atoms with E-state index >= 15 is 0 Å². The van der Waals surface area contributed by atoms with Gasteiger partial charge in [-0.05, 0) is 30.5 Å². The summed E-state index contributed by atoms with van der Waals surface area (Å²) in [5.41, 5.74) is 0.106. The number of rotatable bonds is 4. The lowest BCUT2D eigenvalue weighted by molar-refractivity contribution is -0.132. The van der Waals surface area contributed by atoms with E-state index < -0.39 is 5.54 Å². The second kappa shape index (κ2) is 5.21. The van der Waals surface area contributed by atoms with E-state index in [1.807, 2.05) is 26.0 Å². The molecule has 1 heterocycles. The van der Waals surface area contributed by atoms with Crippen molar-refractivity contribution in [2.45, 2.75) is 38.8 Å². The van der Waals surface area contributed by atoms with Gasteiger partial charge in [-0.15, -0.1) is 0 Å². The maximum absolute atomic E-state index is 12.4. The van der Waals surface area contributed by atoms with Crippen LogP contribution in [0.3, 0.4) is 0 Å². The molecule has 0 aliphatic carbocycles. The molecule has 0 aromatic heterocycles. The minimum Gasteiger partial charge on any atom is -0.323 e. The molecule has 0 bridgehead atoms. The molecule has 1 saturated heterocycles. The van der Waals surface area contributed by atoms with Gasteiger partial charge in [0.05, 0.1) is 6.54 Å². The number of amides is 3. The summed E-state index contributed by atoms with van der Waals surface area (Å²) in [6.45, 7) is 4.07. The molecule has 0 saturated carbocycles. The number of urea groups is 1.